The summed E-state index contributed by atoms with van der Waals surface area (Å²) >= 11 is 0. The zero-order chi connectivity index (χ0) is 13.9. The minimum absolute atomic E-state index is 0.0179. The van der Waals surface area contributed by atoms with Crippen molar-refractivity contribution in [3.8, 4) is 0 Å². The zero-order valence-electron chi connectivity index (χ0n) is 11.2. The average Bonchev–Trinajstić information content (AvgIpc) is 2.81. The van der Waals surface area contributed by atoms with Crippen LogP contribution in [-0.4, -0.2) is 32.6 Å². The number of aryl methyl sites for hydroxylation is 1. The van der Waals surface area contributed by atoms with Gasteiger partial charge in [-0.05, 0) is 25.3 Å². The zero-order valence-corrected chi connectivity index (χ0v) is 12.0. The molecule has 106 valence electrons. The van der Waals surface area contributed by atoms with Crippen LogP contribution in [0.5, 0.6) is 0 Å². The molecule has 1 aliphatic heterocycles. The number of sulfone groups is 1. The Morgan fingerprint density at radius 1 is 1.37 bits per heavy atom. The fraction of sp³-hybridized carbons (Fsp3) is 0.571. The van der Waals surface area contributed by atoms with E-state index in [4.69, 9.17) is 10.5 Å². The van der Waals surface area contributed by atoms with Gasteiger partial charge in [-0.25, -0.2) is 8.42 Å². The maximum absolute atomic E-state index is 12.1. The summed E-state index contributed by atoms with van der Waals surface area (Å²) in [4.78, 5) is 0. The van der Waals surface area contributed by atoms with E-state index in [1.807, 2.05) is 31.2 Å². The van der Waals surface area contributed by atoms with Crippen LogP contribution in [0.4, 0.5) is 0 Å². The number of benzene rings is 1. The van der Waals surface area contributed by atoms with Crippen LogP contribution in [0, 0.1) is 6.92 Å². The molecular weight excluding hydrogens is 262 g/mol. The minimum atomic E-state index is -3.17. The van der Waals surface area contributed by atoms with Gasteiger partial charge in [-0.2, -0.15) is 0 Å². The van der Waals surface area contributed by atoms with E-state index in [-0.39, 0.29) is 17.6 Å². The molecule has 4 nitrogen and oxygen atoms in total. The summed E-state index contributed by atoms with van der Waals surface area (Å²) in [7, 11) is -3.17. The average molecular weight is 283 g/mol. The molecular formula is C14H21NO3S. The summed E-state index contributed by atoms with van der Waals surface area (Å²) < 4.78 is 29.5. The van der Waals surface area contributed by atoms with Crippen LogP contribution in [0.2, 0.25) is 0 Å². The van der Waals surface area contributed by atoms with Crippen molar-refractivity contribution in [2.75, 3.05) is 18.1 Å². The van der Waals surface area contributed by atoms with Gasteiger partial charge in [-0.1, -0.05) is 29.8 Å². The molecule has 2 rings (SSSR count). The van der Waals surface area contributed by atoms with E-state index in [0.717, 1.165) is 24.0 Å². The van der Waals surface area contributed by atoms with Crippen molar-refractivity contribution in [2.45, 2.75) is 31.9 Å². The van der Waals surface area contributed by atoms with E-state index in [0.29, 0.717) is 6.61 Å². The Morgan fingerprint density at radius 3 is 2.63 bits per heavy atom. The Bertz CT molecular complexity index is 504. The van der Waals surface area contributed by atoms with Crippen molar-refractivity contribution in [2.24, 2.45) is 5.73 Å². The molecule has 0 radical (unpaired) electrons. The number of hydrogen-bond acceptors (Lipinski definition) is 4. The Kier molecular flexibility index (Phi) is 4.60. The molecule has 0 amide bonds. The summed E-state index contributed by atoms with van der Waals surface area (Å²) in [5, 5.41) is 0. The first-order chi connectivity index (χ1) is 8.96. The monoisotopic (exact) mass is 283 g/mol. The van der Waals surface area contributed by atoms with Crippen LogP contribution in [0.25, 0.3) is 0 Å². The third-order valence-corrected chi connectivity index (χ3v) is 5.15. The van der Waals surface area contributed by atoms with Crippen LogP contribution >= 0.6 is 0 Å². The lowest BCUT2D eigenvalue weighted by Gasteiger charge is -2.15. The lowest BCUT2D eigenvalue weighted by Crippen LogP contribution is -2.28. The molecule has 2 N–H and O–H groups in total. The molecule has 1 fully saturated rings. The molecule has 0 bridgehead atoms. The Hall–Kier alpha value is -0.910. The van der Waals surface area contributed by atoms with E-state index in [1.54, 1.807) is 0 Å². The maximum atomic E-state index is 12.1. The maximum Gasteiger partial charge on any atom is 0.154 e. The third kappa shape index (κ3) is 4.30. The van der Waals surface area contributed by atoms with Crippen LogP contribution in [0.3, 0.4) is 0 Å². The van der Waals surface area contributed by atoms with Crippen LogP contribution in [-0.2, 0) is 14.6 Å². The first-order valence-electron chi connectivity index (χ1n) is 6.60. The van der Waals surface area contributed by atoms with E-state index >= 15 is 0 Å². The molecule has 1 aliphatic rings. The summed E-state index contributed by atoms with van der Waals surface area (Å²) in [5.74, 6) is 0.0719. The smallest absolute Gasteiger partial charge is 0.154 e. The standard InChI is InChI=1S/C14H21NO3S/c1-11-4-6-12(7-5-11)14(15)10-19(16,17)9-13-3-2-8-18-13/h4-7,13-14H,2-3,8-10,15H2,1H3. The third-order valence-electron chi connectivity index (χ3n) is 3.40. The van der Waals surface area contributed by atoms with Crippen molar-refractivity contribution < 1.29 is 13.2 Å². The summed E-state index contributed by atoms with van der Waals surface area (Å²) in [6, 6.07) is 7.21. The van der Waals surface area contributed by atoms with Gasteiger partial charge in [0.25, 0.3) is 0 Å². The van der Waals surface area contributed by atoms with Crippen molar-refractivity contribution in [1.82, 2.24) is 0 Å². The molecule has 19 heavy (non-hydrogen) atoms. The van der Waals surface area contributed by atoms with Gasteiger partial charge in [0.15, 0.2) is 9.84 Å². The molecule has 1 saturated heterocycles. The van der Waals surface area contributed by atoms with Gasteiger partial charge in [0.1, 0.15) is 0 Å². The van der Waals surface area contributed by atoms with Crippen LogP contribution in [0.15, 0.2) is 24.3 Å². The quantitative estimate of drug-likeness (QED) is 0.891. The van der Waals surface area contributed by atoms with Crippen LogP contribution in [0.1, 0.15) is 30.0 Å². The highest BCUT2D eigenvalue weighted by atomic mass is 32.2. The normalized spacial score (nSPS) is 21.5. The number of rotatable bonds is 5. The van der Waals surface area contributed by atoms with Crippen molar-refractivity contribution in [3.63, 3.8) is 0 Å². The molecule has 0 aliphatic carbocycles. The predicted molar refractivity (Wildman–Crippen MR) is 75.7 cm³/mol. The highest BCUT2D eigenvalue weighted by Gasteiger charge is 2.25. The van der Waals surface area contributed by atoms with Gasteiger partial charge >= 0.3 is 0 Å². The molecule has 2 unspecified atom stereocenters. The van der Waals surface area contributed by atoms with Gasteiger partial charge in [0, 0.05) is 12.6 Å². The Morgan fingerprint density at radius 2 is 2.05 bits per heavy atom. The Balaban J connectivity index is 1.96. The minimum Gasteiger partial charge on any atom is -0.377 e. The molecule has 2 atom stereocenters. The lowest BCUT2D eigenvalue weighted by atomic mass is 10.1. The molecule has 0 spiro atoms. The SMILES string of the molecule is Cc1ccc(C(N)CS(=O)(=O)CC2CCCO2)cc1. The fourth-order valence-electron chi connectivity index (χ4n) is 2.31. The second-order valence-electron chi connectivity index (χ2n) is 5.23. The summed E-state index contributed by atoms with van der Waals surface area (Å²) in [5.41, 5.74) is 7.99. The lowest BCUT2D eigenvalue weighted by molar-refractivity contribution is 0.127. The second kappa shape index (κ2) is 6.03. The number of hydrogen-bond donors (Lipinski definition) is 1. The van der Waals surface area contributed by atoms with Gasteiger partial charge in [-0.15, -0.1) is 0 Å². The fourth-order valence-corrected chi connectivity index (χ4v) is 4.02. The predicted octanol–water partition coefficient (Wildman–Crippen LogP) is 1.59. The van der Waals surface area contributed by atoms with Gasteiger partial charge in [0.2, 0.25) is 0 Å². The molecule has 1 aromatic carbocycles. The van der Waals surface area contributed by atoms with E-state index < -0.39 is 15.9 Å². The Labute approximate surface area is 114 Å². The van der Waals surface area contributed by atoms with E-state index in [1.165, 1.54) is 0 Å². The number of ether oxygens (including phenoxy) is 1. The first-order valence-corrected chi connectivity index (χ1v) is 8.42. The summed E-state index contributed by atoms with van der Waals surface area (Å²) in [6.07, 6.45) is 1.64. The molecule has 1 heterocycles. The van der Waals surface area contributed by atoms with Gasteiger partial charge in [0.05, 0.1) is 17.6 Å². The van der Waals surface area contributed by atoms with Gasteiger partial charge in [-0.3, -0.25) is 0 Å². The topological polar surface area (TPSA) is 69.4 Å². The van der Waals surface area contributed by atoms with Crippen molar-refractivity contribution in [3.05, 3.63) is 35.4 Å². The number of nitrogens with two attached hydrogens (primary N) is 1. The van der Waals surface area contributed by atoms with Crippen molar-refractivity contribution >= 4 is 9.84 Å². The van der Waals surface area contributed by atoms with Crippen molar-refractivity contribution in [1.29, 1.82) is 0 Å². The molecule has 1 aromatic rings. The van der Waals surface area contributed by atoms with E-state index in [9.17, 15) is 8.42 Å². The van der Waals surface area contributed by atoms with E-state index in [2.05, 4.69) is 0 Å². The molecule has 0 saturated carbocycles. The van der Waals surface area contributed by atoms with Crippen LogP contribution < -0.4 is 5.73 Å². The summed E-state index contributed by atoms with van der Waals surface area (Å²) in [6.45, 7) is 2.66. The van der Waals surface area contributed by atoms with Gasteiger partial charge < -0.3 is 10.5 Å². The highest BCUT2D eigenvalue weighted by Crippen LogP contribution is 2.18. The largest absolute Gasteiger partial charge is 0.377 e. The first kappa shape index (κ1) is 14.5. The second-order valence-corrected chi connectivity index (χ2v) is 7.38. The molecule has 5 heteroatoms. The highest BCUT2D eigenvalue weighted by molar-refractivity contribution is 7.91. The molecule has 0 aromatic heterocycles.